The van der Waals surface area contributed by atoms with Gasteiger partial charge in [0.2, 0.25) is 0 Å². The molecule has 15 heavy (non-hydrogen) atoms. The zero-order chi connectivity index (χ0) is 12.3. The Balaban J connectivity index is 5.09. The maximum atomic E-state index is 12.1. The molecule has 0 spiro atoms. The van der Waals surface area contributed by atoms with Gasteiger partial charge in [0.1, 0.15) is 10.7 Å². The highest BCUT2D eigenvalue weighted by molar-refractivity contribution is 9.09. The highest BCUT2D eigenvalue weighted by Crippen LogP contribution is 2.36. The molecule has 0 rings (SSSR count). The lowest BCUT2D eigenvalue weighted by molar-refractivity contribution is -0.114. The molecule has 0 radical (unpaired) electrons. The Labute approximate surface area is 94.6 Å². The number of allylic oxidation sites excluding steroid dienone is 2. The van der Waals surface area contributed by atoms with Gasteiger partial charge < -0.3 is 5.32 Å². The third kappa shape index (κ3) is 4.96. The lowest BCUT2D eigenvalue weighted by Crippen LogP contribution is -2.31. The summed E-state index contributed by atoms with van der Waals surface area (Å²) in [7, 11) is 0. The van der Waals surface area contributed by atoms with E-state index in [1.165, 1.54) is 0 Å². The summed E-state index contributed by atoms with van der Waals surface area (Å²) in [6.45, 7) is -0.318. The van der Waals surface area contributed by atoms with Crippen LogP contribution in [0.1, 0.15) is 0 Å². The molecule has 0 amide bonds. The Morgan fingerprint density at radius 1 is 1.07 bits per heavy atom. The van der Waals surface area contributed by atoms with E-state index in [1.807, 2.05) is 0 Å². The molecule has 90 valence electrons. The van der Waals surface area contributed by atoms with Gasteiger partial charge in [-0.25, -0.2) is 0 Å². The molecule has 0 aliphatic heterocycles. The number of hydrogen-bond donors (Lipinski definition) is 1. The smallest absolute Gasteiger partial charge is 0.379 e. The summed E-state index contributed by atoms with van der Waals surface area (Å²) >= 11 is 7.37. The zero-order valence-electron chi connectivity index (χ0n) is 6.94. The number of alkyl halides is 7. The van der Waals surface area contributed by atoms with Crippen molar-refractivity contribution in [2.24, 2.45) is 0 Å². The van der Waals surface area contributed by atoms with Gasteiger partial charge in [0.15, 0.2) is 0 Å². The average molecular weight is 320 g/mol. The van der Waals surface area contributed by atoms with Gasteiger partial charge in [-0.1, -0.05) is 27.5 Å². The van der Waals surface area contributed by atoms with Crippen LogP contribution in [0.4, 0.5) is 26.3 Å². The topological polar surface area (TPSA) is 12.0 Å². The highest BCUT2D eigenvalue weighted by atomic mass is 79.9. The van der Waals surface area contributed by atoms with Crippen molar-refractivity contribution in [3.63, 3.8) is 0 Å². The minimum Gasteiger partial charge on any atom is -0.379 e. The Kier molecular flexibility index (Phi) is 5.25. The largest absolute Gasteiger partial charge is 0.432 e. The van der Waals surface area contributed by atoms with Crippen LogP contribution in [0.2, 0.25) is 0 Å². The predicted octanol–water partition coefficient (Wildman–Crippen LogP) is 3.55. The number of hydrogen-bond acceptors (Lipinski definition) is 1. The first-order valence-electron chi connectivity index (χ1n) is 3.44. The van der Waals surface area contributed by atoms with Crippen LogP contribution in [0.3, 0.4) is 0 Å². The van der Waals surface area contributed by atoms with Crippen molar-refractivity contribution in [1.29, 1.82) is 0 Å². The molecule has 0 aromatic rings. The second-order valence-electron chi connectivity index (χ2n) is 2.30. The maximum absolute atomic E-state index is 12.1. The third-order valence-electron chi connectivity index (χ3n) is 1.15. The first-order chi connectivity index (χ1) is 6.60. The summed E-state index contributed by atoms with van der Waals surface area (Å²) < 4.78 is 72.1. The van der Waals surface area contributed by atoms with Crippen LogP contribution in [0.15, 0.2) is 10.7 Å². The summed E-state index contributed by atoms with van der Waals surface area (Å²) in [5.74, 6) is 0. The third-order valence-corrected chi connectivity index (χ3v) is 1.95. The molecule has 0 fully saturated rings. The monoisotopic (exact) mass is 319 g/mol. The van der Waals surface area contributed by atoms with Crippen molar-refractivity contribution >= 4 is 27.5 Å². The van der Waals surface area contributed by atoms with Gasteiger partial charge in [0.25, 0.3) is 0 Å². The standard InChI is InChI=1S/C6H5BrClF6N/c7-1-2-15-4(6(12,13)14)3(8)5(9,10)11/h15H,1-2H2. The fourth-order valence-corrected chi connectivity index (χ4v) is 0.988. The number of rotatable bonds is 3. The molecule has 0 atom stereocenters. The van der Waals surface area contributed by atoms with Gasteiger partial charge in [0, 0.05) is 11.9 Å². The minimum absolute atomic E-state index is 0.0641. The normalized spacial score (nSPS) is 14.9. The van der Waals surface area contributed by atoms with Crippen LogP contribution in [0.5, 0.6) is 0 Å². The Hall–Kier alpha value is -0.110. The molecule has 0 aliphatic rings. The molecule has 0 saturated heterocycles. The molecule has 9 heteroatoms. The van der Waals surface area contributed by atoms with Crippen molar-refractivity contribution in [2.45, 2.75) is 12.4 Å². The molecule has 0 aromatic carbocycles. The minimum atomic E-state index is -5.22. The van der Waals surface area contributed by atoms with Crippen LogP contribution in [0, 0.1) is 0 Å². The Morgan fingerprint density at radius 2 is 1.53 bits per heavy atom. The number of halogens is 8. The summed E-state index contributed by atoms with van der Waals surface area (Å²) in [5, 5.41) is -0.563. The van der Waals surface area contributed by atoms with E-state index >= 15 is 0 Å². The molecule has 1 nitrogen and oxygen atoms in total. The molecule has 0 unspecified atom stereocenters. The molecule has 0 aromatic heterocycles. The van der Waals surface area contributed by atoms with Crippen molar-refractivity contribution in [3.8, 4) is 0 Å². The molecule has 0 saturated carbocycles. The van der Waals surface area contributed by atoms with E-state index in [-0.39, 0.29) is 11.9 Å². The Morgan fingerprint density at radius 3 is 1.80 bits per heavy atom. The molecule has 0 bridgehead atoms. The van der Waals surface area contributed by atoms with Gasteiger partial charge in [-0.3, -0.25) is 0 Å². The molecule has 1 N–H and O–H groups in total. The SMILES string of the molecule is FC(F)(F)C(Cl)=C(NCCBr)C(F)(F)F. The van der Waals surface area contributed by atoms with Crippen LogP contribution in [-0.4, -0.2) is 24.2 Å². The first kappa shape index (κ1) is 14.9. The van der Waals surface area contributed by atoms with E-state index < -0.39 is 23.1 Å². The van der Waals surface area contributed by atoms with Crippen LogP contribution in [-0.2, 0) is 0 Å². The Bertz CT molecular complexity index is 245. The van der Waals surface area contributed by atoms with Crippen LogP contribution >= 0.6 is 27.5 Å². The van der Waals surface area contributed by atoms with E-state index in [1.54, 1.807) is 5.32 Å². The van der Waals surface area contributed by atoms with Gasteiger partial charge in [-0.15, -0.1) is 0 Å². The summed E-state index contributed by atoms with van der Waals surface area (Å²) in [6, 6.07) is 0. The fraction of sp³-hybridized carbons (Fsp3) is 0.667. The van der Waals surface area contributed by atoms with E-state index in [2.05, 4.69) is 27.5 Å². The highest BCUT2D eigenvalue weighted by Gasteiger charge is 2.45. The second-order valence-corrected chi connectivity index (χ2v) is 3.47. The average Bonchev–Trinajstić information content (AvgIpc) is 2.00. The van der Waals surface area contributed by atoms with E-state index in [9.17, 15) is 26.3 Å². The van der Waals surface area contributed by atoms with Crippen molar-refractivity contribution < 1.29 is 26.3 Å². The van der Waals surface area contributed by atoms with Gasteiger partial charge in [0.05, 0.1) is 0 Å². The van der Waals surface area contributed by atoms with E-state index in [4.69, 9.17) is 0 Å². The zero-order valence-corrected chi connectivity index (χ0v) is 9.28. The maximum Gasteiger partial charge on any atom is 0.432 e. The number of nitrogens with one attached hydrogen (secondary N) is 1. The van der Waals surface area contributed by atoms with E-state index in [0.717, 1.165) is 0 Å². The van der Waals surface area contributed by atoms with Crippen LogP contribution in [0.25, 0.3) is 0 Å². The summed E-state index contributed by atoms with van der Waals surface area (Å²) in [6.07, 6.45) is -10.4. The summed E-state index contributed by atoms with van der Waals surface area (Å²) in [4.78, 5) is 0. The fourth-order valence-electron chi connectivity index (χ4n) is 0.616. The van der Waals surface area contributed by atoms with Crippen molar-refractivity contribution in [3.05, 3.63) is 10.7 Å². The van der Waals surface area contributed by atoms with E-state index in [0.29, 0.717) is 0 Å². The molecular weight excluding hydrogens is 315 g/mol. The molecule has 0 aliphatic carbocycles. The van der Waals surface area contributed by atoms with Gasteiger partial charge in [-0.05, 0) is 0 Å². The quantitative estimate of drug-likeness (QED) is 0.619. The summed E-state index contributed by atoms with van der Waals surface area (Å²) in [5.41, 5.74) is -1.98. The molecular formula is C6H5BrClF6N. The van der Waals surface area contributed by atoms with Gasteiger partial charge in [-0.2, -0.15) is 26.3 Å². The lowest BCUT2D eigenvalue weighted by atomic mass is 10.3. The predicted molar refractivity (Wildman–Crippen MR) is 46.8 cm³/mol. The second kappa shape index (κ2) is 5.29. The van der Waals surface area contributed by atoms with Crippen molar-refractivity contribution in [2.75, 3.05) is 11.9 Å². The van der Waals surface area contributed by atoms with Gasteiger partial charge >= 0.3 is 12.4 Å². The van der Waals surface area contributed by atoms with Crippen molar-refractivity contribution in [1.82, 2.24) is 5.32 Å². The first-order valence-corrected chi connectivity index (χ1v) is 4.94. The van der Waals surface area contributed by atoms with Crippen LogP contribution < -0.4 is 5.32 Å². The lowest BCUT2D eigenvalue weighted by Gasteiger charge is -2.17. The molecule has 0 heterocycles.